The molecular weight excluding hydrogens is 406 g/mol. The number of aryl methyl sites for hydroxylation is 2. The number of H-pyrrole nitrogens is 1. The number of hydrogen-bond donors (Lipinski definition) is 3. The van der Waals surface area contributed by atoms with Crippen LogP contribution in [0.2, 0.25) is 0 Å². The number of nitrogens with one attached hydrogen (secondary N) is 3. The highest BCUT2D eigenvalue weighted by Crippen LogP contribution is 2.18. The Balaban J connectivity index is 1.48. The van der Waals surface area contributed by atoms with Crippen molar-refractivity contribution in [3.8, 4) is 0 Å². The number of aromatic amines is 1. The van der Waals surface area contributed by atoms with E-state index >= 15 is 0 Å². The number of imidazole rings is 1. The summed E-state index contributed by atoms with van der Waals surface area (Å²) in [6.45, 7) is 3.45. The van der Waals surface area contributed by atoms with Crippen LogP contribution in [-0.4, -0.2) is 40.7 Å². The van der Waals surface area contributed by atoms with Crippen LogP contribution in [-0.2, 0) is 6.42 Å². The first-order valence-electron chi connectivity index (χ1n) is 10.5. The lowest BCUT2D eigenvalue weighted by Crippen LogP contribution is -2.41. The lowest BCUT2D eigenvalue weighted by Gasteiger charge is -2.12. The van der Waals surface area contributed by atoms with E-state index in [9.17, 15) is 4.79 Å². The quantitative estimate of drug-likeness (QED) is 0.193. The van der Waals surface area contributed by atoms with Gasteiger partial charge in [-0.3, -0.25) is 15.1 Å². The lowest BCUT2D eigenvalue weighted by molar-refractivity contribution is 0.0975. The molecule has 6 nitrogen and oxygen atoms in total. The Morgan fingerprint density at radius 1 is 1.10 bits per heavy atom. The molecule has 0 unspecified atom stereocenters. The molecule has 3 aromatic rings. The number of carbonyl (C=O) groups excluding carboxylic acids is 1. The summed E-state index contributed by atoms with van der Waals surface area (Å²) in [5, 5.41) is 6.18. The largest absolute Gasteiger partial charge is 0.356 e. The first kappa shape index (κ1) is 22.6. The molecule has 0 saturated carbocycles. The van der Waals surface area contributed by atoms with Crippen LogP contribution in [0, 0.1) is 6.92 Å². The molecule has 0 aliphatic heterocycles. The van der Waals surface area contributed by atoms with Crippen LogP contribution >= 0.6 is 11.8 Å². The second-order valence-corrected chi connectivity index (χ2v) is 8.32. The van der Waals surface area contributed by atoms with Gasteiger partial charge in [0.1, 0.15) is 0 Å². The normalized spacial score (nSPS) is 11.3. The van der Waals surface area contributed by atoms with Crippen molar-refractivity contribution in [2.24, 2.45) is 4.99 Å². The summed E-state index contributed by atoms with van der Waals surface area (Å²) < 4.78 is 0. The fraction of sp³-hybridized carbons (Fsp3) is 0.292. The number of amides is 1. The van der Waals surface area contributed by atoms with Crippen molar-refractivity contribution in [3.63, 3.8) is 0 Å². The van der Waals surface area contributed by atoms with Crippen LogP contribution in [0.25, 0.3) is 0 Å². The van der Waals surface area contributed by atoms with Crippen molar-refractivity contribution < 1.29 is 4.79 Å². The van der Waals surface area contributed by atoms with Crippen LogP contribution in [0.4, 0.5) is 0 Å². The average molecular weight is 436 g/mol. The Labute approximate surface area is 188 Å². The van der Waals surface area contributed by atoms with E-state index in [1.807, 2.05) is 36.2 Å². The highest BCUT2D eigenvalue weighted by Gasteiger charge is 2.08. The topological polar surface area (TPSA) is 82.2 Å². The van der Waals surface area contributed by atoms with E-state index in [4.69, 9.17) is 0 Å². The summed E-state index contributed by atoms with van der Waals surface area (Å²) in [5.74, 6) is 1.34. The maximum Gasteiger partial charge on any atom is 0.257 e. The van der Waals surface area contributed by atoms with Crippen LogP contribution in [0.1, 0.15) is 34.5 Å². The molecule has 0 atom stereocenters. The van der Waals surface area contributed by atoms with Gasteiger partial charge in [-0.05, 0) is 56.2 Å². The van der Waals surface area contributed by atoms with Gasteiger partial charge in [-0.15, -0.1) is 11.8 Å². The van der Waals surface area contributed by atoms with Crippen molar-refractivity contribution in [2.75, 3.05) is 18.8 Å². The van der Waals surface area contributed by atoms with E-state index in [2.05, 4.69) is 56.8 Å². The number of thioether (sulfide) groups is 1. The number of aromatic nitrogens is 2. The molecule has 1 amide bonds. The molecule has 0 aliphatic carbocycles. The first-order valence-corrected chi connectivity index (χ1v) is 11.5. The third kappa shape index (κ3) is 8.30. The van der Waals surface area contributed by atoms with Gasteiger partial charge >= 0.3 is 0 Å². The Morgan fingerprint density at radius 3 is 2.65 bits per heavy atom. The highest BCUT2D eigenvalue weighted by molar-refractivity contribution is 7.99. The minimum absolute atomic E-state index is 0.159. The van der Waals surface area contributed by atoms with E-state index in [0.29, 0.717) is 24.6 Å². The van der Waals surface area contributed by atoms with E-state index in [1.165, 1.54) is 10.5 Å². The monoisotopic (exact) mass is 435 g/mol. The van der Waals surface area contributed by atoms with Crippen LogP contribution in [0.5, 0.6) is 0 Å². The molecule has 7 heteroatoms. The van der Waals surface area contributed by atoms with Gasteiger partial charge in [0, 0.05) is 29.7 Å². The Morgan fingerprint density at radius 2 is 1.90 bits per heavy atom. The number of nitrogens with zero attached hydrogens (tertiary/aromatic N) is 2. The van der Waals surface area contributed by atoms with E-state index in [-0.39, 0.29) is 5.91 Å². The SMILES string of the molecule is Cc1ccc(SCCC/N=C(/NCCCc2c[nH]cn2)NC(=O)c2ccccc2)cc1. The number of benzene rings is 2. The van der Waals surface area contributed by atoms with Crippen molar-refractivity contribution >= 4 is 23.6 Å². The zero-order valence-electron chi connectivity index (χ0n) is 17.8. The first-order chi connectivity index (χ1) is 15.2. The second kappa shape index (κ2) is 12.6. The van der Waals surface area contributed by atoms with Gasteiger partial charge in [0.25, 0.3) is 5.91 Å². The number of carbonyl (C=O) groups is 1. The minimum Gasteiger partial charge on any atom is -0.356 e. The van der Waals surface area contributed by atoms with Gasteiger partial charge in [0.2, 0.25) is 0 Å². The van der Waals surface area contributed by atoms with Crippen molar-refractivity contribution in [2.45, 2.75) is 31.1 Å². The molecule has 3 rings (SSSR count). The number of hydrogen-bond acceptors (Lipinski definition) is 4. The third-order valence-electron chi connectivity index (χ3n) is 4.59. The van der Waals surface area contributed by atoms with E-state index < -0.39 is 0 Å². The fourth-order valence-electron chi connectivity index (χ4n) is 2.89. The molecule has 0 bridgehead atoms. The van der Waals surface area contributed by atoms with Crippen molar-refractivity contribution in [1.82, 2.24) is 20.6 Å². The Kier molecular flexibility index (Phi) is 9.19. The zero-order chi connectivity index (χ0) is 21.7. The fourth-order valence-corrected chi connectivity index (χ4v) is 3.73. The van der Waals surface area contributed by atoms with Crippen LogP contribution < -0.4 is 10.6 Å². The lowest BCUT2D eigenvalue weighted by atomic mass is 10.2. The summed E-state index contributed by atoms with van der Waals surface area (Å²) in [4.78, 5) is 25.6. The molecule has 0 spiro atoms. The van der Waals surface area contributed by atoms with Crippen LogP contribution in [0.3, 0.4) is 0 Å². The average Bonchev–Trinajstić information content (AvgIpc) is 3.31. The minimum atomic E-state index is -0.159. The van der Waals surface area contributed by atoms with E-state index in [1.54, 1.807) is 18.5 Å². The second-order valence-electron chi connectivity index (χ2n) is 7.16. The third-order valence-corrected chi connectivity index (χ3v) is 5.69. The molecule has 0 fully saturated rings. The van der Waals surface area contributed by atoms with Gasteiger partial charge < -0.3 is 10.3 Å². The molecular formula is C24H29N5OS. The molecule has 162 valence electrons. The summed E-state index contributed by atoms with van der Waals surface area (Å²) in [7, 11) is 0. The summed E-state index contributed by atoms with van der Waals surface area (Å²) in [6, 6.07) is 17.7. The summed E-state index contributed by atoms with van der Waals surface area (Å²) in [6.07, 6.45) is 6.28. The van der Waals surface area contributed by atoms with Gasteiger partial charge in [-0.25, -0.2) is 4.98 Å². The van der Waals surface area contributed by atoms with E-state index in [0.717, 1.165) is 30.7 Å². The maximum absolute atomic E-state index is 12.5. The molecule has 31 heavy (non-hydrogen) atoms. The smallest absolute Gasteiger partial charge is 0.257 e. The van der Waals surface area contributed by atoms with Gasteiger partial charge in [0.15, 0.2) is 5.96 Å². The number of guanidine groups is 1. The van der Waals surface area contributed by atoms with Gasteiger partial charge in [0.05, 0.1) is 12.0 Å². The predicted molar refractivity (Wildman–Crippen MR) is 128 cm³/mol. The Bertz CT molecular complexity index is 940. The molecule has 0 aliphatic rings. The highest BCUT2D eigenvalue weighted by atomic mass is 32.2. The van der Waals surface area contributed by atoms with Crippen LogP contribution in [0.15, 0.2) is 77.0 Å². The zero-order valence-corrected chi connectivity index (χ0v) is 18.6. The summed E-state index contributed by atoms with van der Waals surface area (Å²) >= 11 is 1.82. The molecule has 2 aromatic carbocycles. The number of rotatable bonds is 10. The molecule has 0 saturated heterocycles. The number of aliphatic imine (C=N–C) groups is 1. The Hall–Kier alpha value is -3.06. The molecule has 1 aromatic heterocycles. The molecule has 0 radical (unpaired) electrons. The van der Waals surface area contributed by atoms with Crippen molar-refractivity contribution in [1.29, 1.82) is 0 Å². The van der Waals surface area contributed by atoms with Gasteiger partial charge in [-0.2, -0.15) is 0 Å². The standard InChI is InChI=1S/C24H29N5OS/c1-19-10-12-22(13-11-19)31-16-6-15-27-24(26-14-5-9-21-17-25-18-28-21)29-23(30)20-7-3-2-4-8-20/h2-4,7-8,10-13,17-18H,5-6,9,14-16H2,1H3,(H,25,28)(H2,26,27,29,30). The predicted octanol–water partition coefficient (Wildman–Crippen LogP) is 4.21. The van der Waals surface area contributed by atoms with Gasteiger partial charge in [-0.1, -0.05) is 35.9 Å². The molecule has 3 N–H and O–H groups in total. The summed E-state index contributed by atoms with van der Waals surface area (Å²) in [5.41, 5.74) is 2.91. The molecule has 1 heterocycles. The van der Waals surface area contributed by atoms with Crippen molar-refractivity contribution in [3.05, 3.63) is 83.9 Å². The maximum atomic E-state index is 12.5.